The van der Waals surface area contributed by atoms with Crippen molar-refractivity contribution in [2.75, 3.05) is 18.4 Å². The molecule has 0 atom stereocenters. The van der Waals surface area contributed by atoms with E-state index in [4.69, 9.17) is 23.2 Å². The molecular formula is C21H23Cl2N5O2. The normalized spacial score (nSPS) is 11.1. The van der Waals surface area contributed by atoms with E-state index in [0.29, 0.717) is 34.3 Å². The molecule has 9 heteroatoms. The Kier molecular flexibility index (Phi) is 6.95. The number of carbonyl (C=O) groups excluding carboxylic acids is 2. The van der Waals surface area contributed by atoms with Gasteiger partial charge in [-0.15, -0.1) is 0 Å². The van der Waals surface area contributed by atoms with Gasteiger partial charge in [0.25, 0.3) is 5.91 Å². The molecule has 0 spiro atoms. The average molecular weight is 448 g/mol. The molecular weight excluding hydrogens is 425 g/mol. The highest BCUT2D eigenvalue weighted by Crippen LogP contribution is 2.25. The van der Waals surface area contributed by atoms with Crippen molar-refractivity contribution in [3.63, 3.8) is 0 Å². The summed E-state index contributed by atoms with van der Waals surface area (Å²) in [6, 6.07) is 6.73. The number of amides is 2. The zero-order valence-electron chi connectivity index (χ0n) is 17.0. The molecule has 2 heterocycles. The van der Waals surface area contributed by atoms with E-state index in [1.54, 1.807) is 35.1 Å². The predicted octanol–water partition coefficient (Wildman–Crippen LogP) is 4.81. The summed E-state index contributed by atoms with van der Waals surface area (Å²) in [7, 11) is 0. The average Bonchev–Trinajstić information content (AvgIpc) is 3.13. The monoisotopic (exact) mass is 447 g/mol. The summed E-state index contributed by atoms with van der Waals surface area (Å²) in [4.78, 5) is 31.5. The van der Waals surface area contributed by atoms with Gasteiger partial charge in [0.2, 0.25) is 5.91 Å². The molecule has 1 aromatic carbocycles. The van der Waals surface area contributed by atoms with Crippen LogP contribution in [0.5, 0.6) is 0 Å². The van der Waals surface area contributed by atoms with Gasteiger partial charge in [-0.2, -0.15) is 5.10 Å². The quantitative estimate of drug-likeness (QED) is 0.563. The van der Waals surface area contributed by atoms with E-state index < -0.39 is 0 Å². The third-order valence-corrected chi connectivity index (χ3v) is 5.04. The van der Waals surface area contributed by atoms with E-state index in [-0.39, 0.29) is 24.4 Å². The van der Waals surface area contributed by atoms with Gasteiger partial charge in [-0.25, -0.2) is 9.67 Å². The van der Waals surface area contributed by atoms with Crippen molar-refractivity contribution < 1.29 is 9.59 Å². The topological polar surface area (TPSA) is 80.1 Å². The molecule has 3 rings (SSSR count). The van der Waals surface area contributed by atoms with Crippen LogP contribution >= 0.6 is 23.2 Å². The van der Waals surface area contributed by atoms with Gasteiger partial charge in [0.05, 0.1) is 22.5 Å². The number of aromatic nitrogens is 3. The van der Waals surface area contributed by atoms with Crippen LogP contribution in [0.1, 0.15) is 43.6 Å². The number of pyridine rings is 1. The number of nitrogens with zero attached hydrogens (tertiary/aromatic N) is 4. The fourth-order valence-corrected chi connectivity index (χ4v) is 3.55. The SMILES string of the molecule is CCCN(CC(=O)Nc1ccc(Cl)cc1Cl)C(=O)c1cnc2c(cnn2C(C)C)c1. The minimum absolute atomic E-state index is 0.102. The van der Waals surface area contributed by atoms with Gasteiger partial charge >= 0.3 is 0 Å². The summed E-state index contributed by atoms with van der Waals surface area (Å²) in [6.07, 6.45) is 3.93. The Hall–Kier alpha value is -2.64. The first kappa shape index (κ1) is 22.1. The summed E-state index contributed by atoms with van der Waals surface area (Å²) in [5, 5.41) is 8.65. The predicted molar refractivity (Wildman–Crippen MR) is 119 cm³/mol. The second kappa shape index (κ2) is 9.45. The largest absolute Gasteiger partial charge is 0.329 e. The molecule has 0 aliphatic heterocycles. The van der Waals surface area contributed by atoms with Crippen LogP contribution in [-0.4, -0.2) is 44.6 Å². The van der Waals surface area contributed by atoms with Crippen molar-refractivity contribution in [1.29, 1.82) is 0 Å². The highest BCUT2D eigenvalue weighted by atomic mass is 35.5. The maximum absolute atomic E-state index is 13.1. The summed E-state index contributed by atoms with van der Waals surface area (Å²) >= 11 is 12.0. The minimum Gasteiger partial charge on any atom is -0.329 e. The molecule has 0 aliphatic rings. The van der Waals surface area contributed by atoms with Gasteiger partial charge in [0.15, 0.2) is 5.65 Å². The second-order valence-corrected chi connectivity index (χ2v) is 8.06. The maximum atomic E-state index is 13.1. The first-order chi connectivity index (χ1) is 14.3. The van der Waals surface area contributed by atoms with Crippen molar-refractivity contribution >= 4 is 51.7 Å². The fraction of sp³-hybridized carbons (Fsp3) is 0.333. The van der Waals surface area contributed by atoms with Crippen molar-refractivity contribution in [3.05, 3.63) is 52.3 Å². The Balaban J connectivity index is 1.77. The second-order valence-electron chi connectivity index (χ2n) is 7.22. The Morgan fingerprint density at radius 1 is 1.20 bits per heavy atom. The van der Waals surface area contributed by atoms with Gasteiger partial charge in [0, 0.05) is 29.2 Å². The highest BCUT2D eigenvalue weighted by molar-refractivity contribution is 6.36. The molecule has 0 fully saturated rings. The van der Waals surface area contributed by atoms with E-state index in [1.807, 2.05) is 20.8 Å². The third kappa shape index (κ3) is 4.91. The molecule has 3 aromatic rings. The van der Waals surface area contributed by atoms with Gasteiger partial charge < -0.3 is 10.2 Å². The molecule has 30 heavy (non-hydrogen) atoms. The molecule has 1 N–H and O–H groups in total. The number of hydrogen-bond acceptors (Lipinski definition) is 4. The van der Waals surface area contributed by atoms with Crippen LogP contribution in [0, 0.1) is 0 Å². The molecule has 0 saturated heterocycles. The summed E-state index contributed by atoms with van der Waals surface area (Å²) in [6.45, 7) is 6.31. The Labute approximate surface area is 185 Å². The number of carbonyl (C=O) groups is 2. The van der Waals surface area contributed by atoms with Crippen molar-refractivity contribution in [1.82, 2.24) is 19.7 Å². The van der Waals surface area contributed by atoms with Crippen LogP contribution in [-0.2, 0) is 4.79 Å². The standard InChI is InChI=1S/C21H23Cl2N5O2/c1-4-7-27(12-19(29)26-18-6-5-16(22)9-17(18)23)21(30)15-8-14-11-25-28(13(2)3)20(14)24-10-15/h5-6,8-11,13H,4,7,12H2,1-3H3,(H,26,29). The molecule has 0 radical (unpaired) electrons. The van der Waals surface area contributed by atoms with Crippen LogP contribution in [0.2, 0.25) is 10.0 Å². The van der Waals surface area contributed by atoms with E-state index in [2.05, 4.69) is 15.4 Å². The Bertz CT molecular complexity index is 1080. The van der Waals surface area contributed by atoms with Gasteiger partial charge in [0.1, 0.15) is 6.54 Å². The molecule has 7 nitrogen and oxygen atoms in total. The lowest BCUT2D eigenvalue weighted by molar-refractivity contribution is -0.116. The maximum Gasteiger partial charge on any atom is 0.255 e. The Morgan fingerprint density at radius 3 is 2.63 bits per heavy atom. The van der Waals surface area contributed by atoms with E-state index >= 15 is 0 Å². The summed E-state index contributed by atoms with van der Waals surface area (Å²) in [5.74, 6) is -0.608. The van der Waals surface area contributed by atoms with E-state index in [0.717, 1.165) is 11.0 Å². The molecule has 158 valence electrons. The van der Waals surface area contributed by atoms with Crippen molar-refractivity contribution in [2.24, 2.45) is 0 Å². The van der Waals surface area contributed by atoms with Gasteiger partial charge in [-0.05, 0) is 44.5 Å². The fourth-order valence-electron chi connectivity index (χ4n) is 3.09. The third-order valence-electron chi connectivity index (χ3n) is 4.49. The number of anilines is 1. The first-order valence-corrected chi connectivity index (χ1v) is 10.4. The molecule has 2 aromatic heterocycles. The van der Waals surface area contributed by atoms with Crippen LogP contribution in [0.4, 0.5) is 5.69 Å². The summed E-state index contributed by atoms with van der Waals surface area (Å²) in [5.41, 5.74) is 1.58. The first-order valence-electron chi connectivity index (χ1n) is 9.67. The van der Waals surface area contributed by atoms with E-state index in [1.165, 1.54) is 11.1 Å². The number of nitrogens with one attached hydrogen (secondary N) is 1. The van der Waals surface area contributed by atoms with Crippen molar-refractivity contribution in [2.45, 2.75) is 33.2 Å². The number of hydrogen-bond donors (Lipinski definition) is 1. The lowest BCUT2D eigenvalue weighted by Gasteiger charge is -2.22. The lowest BCUT2D eigenvalue weighted by atomic mass is 10.2. The molecule has 0 bridgehead atoms. The zero-order valence-corrected chi connectivity index (χ0v) is 18.5. The van der Waals surface area contributed by atoms with Crippen molar-refractivity contribution in [3.8, 4) is 0 Å². The summed E-state index contributed by atoms with van der Waals surface area (Å²) < 4.78 is 1.80. The number of benzene rings is 1. The lowest BCUT2D eigenvalue weighted by Crippen LogP contribution is -2.38. The molecule has 0 saturated carbocycles. The van der Waals surface area contributed by atoms with Crippen LogP contribution in [0.15, 0.2) is 36.7 Å². The number of rotatable bonds is 7. The van der Waals surface area contributed by atoms with Crippen LogP contribution < -0.4 is 5.32 Å². The molecule has 0 unspecified atom stereocenters. The van der Waals surface area contributed by atoms with Gasteiger partial charge in [-0.3, -0.25) is 9.59 Å². The number of fused-ring (bicyclic) bond motifs is 1. The Morgan fingerprint density at radius 2 is 1.97 bits per heavy atom. The molecule has 2 amide bonds. The highest BCUT2D eigenvalue weighted by Gasteiger charge is 2.20. The van der Waals surface area contributed by atoms with Crippen LogP contribution in [0.25, 0.3) is 11.0 Å². The molecule has 0 aliphatic carbocycles. The zero-order chi connectivity index (χ0) is 21.8. The van der Waals surface area contributed by atoms with E-state index in [9.17, 15) is 9.59 Å². The number of halogens is 2. The van der Waals surface area contributed by atoms with Crippen LogP contribution in [0.3, 0.4) is 0 Å². The van der Waals surface area contributed by atoms with Gasteiger partial charge in [-0.1, -0.05) is 30.1 Å². The smallest absolute Gasteiger partial charge is 0.255 e. The minimum atomic E-state index is -0.345.